The number of benzene rings is 2. The summed E-state index contributed by atoms with van der Waals surface area (Å²) < 4.78 is 5.84. The van der Waals surface area contributed by atoms with Gasteiger partial charge in [-0.25, -0.2) is 0 Å². The molecule has 1 saturated heterocycles. The summed E-state index contributed by atoms with van der Waals surface area (Å²) in [5.74, 6) is 0.149. The lowest BCUT2D eigenvalue weighted by molar-refractivity contribution is -0.140. The van der Waals surface area contributed by atoms with Gasteiger partial charge in [0.05, 0.1) is 18.1 Å². The van der Waals surface area contributed by atoms with Gasteiger partial charge in [0.1, 0.15) is 12.4 Å². The number of carbonyl (C=O) groups is 2. The smallest absolute Gasteiger partial charge is 0.254 e. The summed E-state index contributed by atoms with van der Waals surface area (Å²) in [7, 11) is 0. The van der Waals surface area contributed by atoms with Crippen LogP contribution in [0.4, 0.5) is 0 Å². The highest BCUT2D eigenvalue weighted by Crippen LogP contribution is 2.49. The largest absolute Gasteiger partial charge is 0.489 e. The van der Waals surface area contributed by atoms with Gasteiger partial charge in [-0.15, -0.1) is 0 Å². The van der Waals surface area contributed by atoms with Crippen LogP contribution in [0, 0.1) is 23.7 Å². The Balaban J connectivity index is 1.29. The lowest BCUT2D eigenvalue weighted by Crippen LogP contribution is -2.38. The molecule has 0 spiro atoms. The molecule has 4 aliphatic rings. The minimum atomic E-state index is -0.247. The maximum Gasteiger partial charge on any atom is 0.254 e. The monoisotopic (exact) mass is 420 g/mol. The fourth-order valence-corrected chi connectivity index (χ4v) is 4.95. The third kappa shape index (κ3) is 3.33. The van der Waals surface area contributed by atoms with Crippen molar-refractivity contribution in [2.45, 2.75) is 19.4 Å². The molecule has 2 bridgehead atoms. The molecule has 2 fully saturated rings. The molecule has 6 heteroatoms. The molecule has 2 aromatic carbocycles. The van der Waals surface area contributed by atoms with E-state index in [2.05, 4.69) is 17.3 Å². The average molecular weight is 421 g/mol. The first kappa shape index (κ1) is 19.1. The van der Waals surface area contributed by atoms with Crippen molar-refractivity contribution in [1.29, 1.82) is 0 Å². The molecule has 0 N–H and O–H groups in total. The van der Waals surface area contributed by atoms with Crippen LogP contribution in [-0.2, 0) is 16.2 Å². The Hall–Kier alpha value is -2.92. The lowest BCUT2D eigenvalue weighted by atomic mass is 9.63. The molecule has 2 amide bonds. The van der Waals surface area contributed by atoms with Crippen molar-refractivity contribution in [3.8, 4) is 5.75 Å². The molecule has 0 aromatic heterocycles. The number of rotatable bonds is 5. The predicted molar refractivity (Wildman–Crippen MR) is 114 cm³/mol. The first-order valence-corrected chi connectivity index (χ1v) is 10.6. The van der Waals surface area contributed by atoms with Crippen LogP contribution in [0.1, 0.15) is 24.0 Å². The van der Waals surface area contributed by atoms with Crippen LogP contribution in [0.2, 0.25) is 5.02 Å². The zero-order chi connectivity index (χ0) is 20.7. The highest BCUT2D eigenvalue weighted by atomic mass is 35.5. The van der Waals surface area contributed by atoms with Gasteiger partial charge in [0.2, 0.25) is 0 Å². The molecule has 2 aromatic rings. The van der Waals surface area contributed by atoms with Gasteiger partial charge in [-0.05, 0) is 48.4 Å². The molecule has 5 nitrogen and oxygen atoms in total. The molecule has 30 heavy (non-hydrogen) atoms. The van der Waals surface area contributed by atoms with Crippen LogP contribution >= 0.6 is 11.6 Å². The number of hydrazone groups is 1. The number of allylic oxidation sites excluding steroid dienone is 2. The van der Waals surface area contributed by atoms with E-state index in [9.17, 15) is 9.59 Å². The summed E-state index contributed by atoms with van der Waals surface area (Å²) in [6.45, 7) is 0.350. The van der Waals surface area contributed by atoms with Gasteiger partial charge in [-0.3, -0.25) is 9.59 Å². The number of imide groups is 1. The highest BCUT2D eigenvalue weighted by Gasteiger charge is 2.56. The summed E-state index contributed by atoms with van der Waals surface area (Å²) >= 11 is 6.17. The molecular weight excluding hydrogens is 400 g/mol. The van der Waals surface area contributed by atoms with Crippen LogP contribution in [0.15, 0.2) is 65.8 Å². The Labute approximate surface area is 180 Å². The number of hydrogen-bond acceptors (Lipinski definition) is 4. The summed E-state index contributed by atoms with van der Waals surface area (Å²) in [6.07, 6.45) is 7.71. The molecule has 1 aliphatic heterocycles. The maximum absolute atomic E-state index is 12.8. The number of halogens is 1. The summed E-state index contributed by atoms with van der Waals surface area (Å²) in [6, 6.07) is 14.9. The van der Waals surface area contributed by atoms with Gasteiger partial charge >= 0.3 is 0 Å². The highest BCUT2D eigenvalue weighted by molar-refractivity contribution is 6.31. The quantitative estimate of drug-likeness (QED) is 0.408. The second-order valence-corrected chi connectivity index (χ2v) is 8.43. The second-order valence-electron chi connectivity index (χ2n) is 8.03. The van der Waals surface area contributed by atoms with Crippen molar-refractivity contribution in [2.75, 3.05) is 0 Å². The molecule has 1 saturated carbocycles. The van der Waals surface area contributed by atoms with E-state index in [0.29, 0.717) is 17.4 Å². The van der Waals surface area contributed by atoms with Gasteiger partial charge in [-0.2, -0.15) is 10.1 Å². The minimum absolute atomic E-state index is 0.165. The van der Waals surface area contributed by atoms with E-state index >= 15 is 0 Å². The van der Waals surface area contributed by atoms with Crippen LogP contribution in [-0.4, -0.2) is 23.0 Å². The van der Waals surface area contributed by atoms with Crippen LogP contribution in [0.3, 0.4) is 0 Å². The van der Waals surface area contributed by atoms with Gasteiger partial charge in [0, 0.05) is 10.6 Å². The summed E-state index contributed by atoms with van der Waals surface area (Å²) in [5.41, 5.74) is 1.65. The standard InChI is InChI=1S/C24H21ClN2O3/c25-20-7-2-1-5-18(20)14-30-19-6-3-4-15(12-19)13-26-27-23(28)21-16-8-9-17(11-10-16)22(21)24(27)29/h1-9,12-13,16-17,21-22H,10-11,14H2/b26-13-/t16-,17-,21-,22+/m1/s1. The Morgan fingerprint density at radius 1 is 1.00 bits per heavy atom. The molecule has 0 unspecified atom stereocenters. The van der Waals surface area contributed by atoms with E-state index in [1.165, 1.54) is 0 Å². The first-order chi connectivity index (χ1) is 14.6. The molecule has 6 rings (SSSR count). The van der Waals surface area contributed by atoms with Gasteiger partial charge in [0.25, 0.3) is 11.8 Å². The van der Waals surface area contributed by atoms with Crippen molar-refractivity contribution in [2.24, 2.45) is 28.8 Å². The zero-order valence-corrected chi connectivity index (χ0v) is 17.0. The number of hydrogen-bond donors (Lipinski definition) is 0. The average Bonchev–Trinajstić information content (AvgIpc) is 3.05. The van der Waals surface area contributed by atoms with Crippen molar-refractivity contribution in [1.82, 2.24) is 5.01 Å². The maximum atomic E-state index is 12.8. The lowest BCUT2D eigenvalue weighted by Gasteiger charge is -2.37. The summed E-state index contributed by atoms with van der Waals surface area (Å²) in [5, 5.41) is 5.99. The fraction of sp³-hybridized carbons (Fsp3) is 0.292. The van der Waals surface area contributed by atoms with E-state index in [0.717, 1.165) is 29.0 Å². The van der Waals surface area contributed by atoms with Gasteiger partial charge in [-0.1, -0.05) is 54.1 Å². The Morgan fingerprint density at radius 3 is 2.37 bits per heavy atom. The topological polar surface area (TPSA) is 59.0 Å². The minimum Gasteiger partial charge on any atom is -0.489 e. The number of nitrogens with zero attached hydrogens (tertiary/aromatic N) is 2. The Kier molecular flexibility index (Phi) is 4.91. The SMILES string of the molecule is O=C1[C@@H]2[C@H](C(=O)N1/N=C\c1cccc(OCc3ccccc3Cl)c1)[C@@H]1C=C[C@@H]2CC1. The number of amides is 2. The summed E-state index contributed by atoms with van der Waals surface area (Å²) in [4.78, 5) is 25.7. The zero-order valence-electron chi connectivity index (χ0n) is 16.3. The molecule has 1 heterocycles. The van der Waals surface area contributed by atoms with E-state index < -0.39 is 0 Å². The van der Waals surface area contributed by atoms with Crippen molar-refractivity contribution >= 4 is 29.6 Å². The van der Waals surface area contributed by atoms with E-state index in [1.54, 1.807) is 6.21 Å². The van der Waals surface area contributed by atoms with Crippen molar-refractivity contribution in [3.63, 3.8) is 0 Å². The van der Waals surface area contributed by atoms with Gasteiger partial charge < -0.3 is 4.74 Å². The predicted octanol–water partition coefficient (Wildman–Crippen LogP) is 4.45. The Morgan fingerprint density at radius 2 is 1.70 bits per heavy atom. The van der Waals surface area contributed by atoms with Crippen LogP contribution < -0.4 is 4.74 Å². The van der Waals surface area contributed by atoms with Crippen molar-refractivity contribution < 1.29 is 14.3 Å². The number of ether oxygens (including phenoxy) is 1. The molecular formula is C24H21ClN2O3. The Bertz CT molecular complexity index is 1030. The fourth-order valence-electron chi connectivity index (χ4n) is 4.76. The molecule has 0 radical (unpaired) electrons. The normalized spacial score (nSPS) is 27.2. The van der Waals surface area contributed by atoms with E-state index in [-0.39, 0.29) is 35.5 Å². The van der Waals surface area contributed by atoms with Crippen LogP contribution in [0.5, 0.6) is 5.75 Å². The third-order valence-electron chi connectivity index (χ3n) is 6.27. The number of carbonyl (C=O) groups excluding carboxylic acids is 2. The third-order valence-corrected chi connectivity index (χ3v) is 6.64. The van der Waals surface area contributed by atoms with Gasteiger partial charge in [0.15, 0.2) is 0 Å². The van der Waals surface area contributed by atoms with E-state index in [4.69, 9.17) is 16.3 Å². The molecule has 152 valence electrons. The van der Waals surface area contributed by atoms with E-state index in [1.807, 2.05) is 48.5 Å². The molecule has 4 atom stereocenters. The molecule has 3 aliphatic carbocycles. The second kappa shape index (κ2) is 7.73. The van der Waals surface area contributed by atoms with Crippen molar-refractivity contribution in [3.05, 3.63) is 76.8 Å². The number of fused-ring (bicyclic) bond motifs is 1. The van der Waals surface area contributed by atoms with Crippen LogP contribution in [0.25, 0.3) is 0 Å². The first-order valence-electron chi connectivity index (χ1n) is 10.2.